The molecule has 2 saturated carbocycles. The van der Waals surface area contributed by atoms with Crippen LogP contribution in [0.5, 0.6) is 0 Å². The van der Waals surface area contributed by atoms with E-state index in [0.29, 0.717) is 19.3 Å². The van der Waals surface area contributed by atoms with Crippen molar-refractivity contribution < 1.29 is 30.0 Å². The van der Waals surface area contributed by atoms with Crippen LogP contribution in [0.1, 0.15) is 72.1 Å². The van der Waals surface area contributed by atoms with E-state index in [2.05, 4.69) is 13.8 Å². The van der Waals surface area contributed by atoms with Gasteiger partial charge in [-0.2, -0.15) is 0 Å². The van der Waals surface area contributed by atoms with E-state index < -0.39 is 33.6 Å². The number of aliphatic hydroxyl groups excluding tert-OH is 2. The van der Waals surface area contributed by atoms with Crippen molar-refractivity contribution in [1.29, 1.82) is 0 Å². The molecule has 4 N–H and O–H groups in total. The molecule has 6 atom stereocenters. The van der Waals surface area contributed by atoms with Gasteiger partial charge in [-0.3, -0.25) is 4.79 Å². The Labute approximate surface area is 155 Å². The Morgan fingerprint density at radius 2 is 1.77 bits per heavy atom. The molecule has 3 rings (SSSR count). The van der Waals surface area contributed by atoms with Crippen LogP contribution >= 0.6 is 0 Å². The van der Waals surface area contributed by atoms with Crippen molar-refractivity contribution >= 4 is 5.97 Å². The predicted octanol–water partition coefficient (Wildman–Crippen LogP) is 2.09. The summed E-state index contributed by atoms with van der Waals surface area (Å²) >= 11 is 0. The van der Waals surface area contributed by atoms with Crippen LogP contribution in [0, 0.1) is 16.7 Å². The lowest BCUT2D eigenvalue weighted by atomic mass is 9.41. The van der Waals surface area contributed by atoms with Crippen LogP contribution in [-0.2, 0) is 9.53 Å². The maximum atomic E-state index is 11.9. The molecule has 0 aromatic rings. The van der Waals surface area contributed by atoms with Gasteiger partial charge in [-0.15, -0.1) is 0 Å². The number of fused-ring (bicyclic) bond motifs is 2. The van der Waals surface area contributed by atoms with Gasteiger partial charge in [-0.25, -0.2) is 0 Å². The highest BCUT2D eigenvalue weighted by molar-refractivity contribution is 5.68. The third-order valence-corrected chi connectivity index (χ3v) is 8.45. The standard InChI is InChI=1S/C20H34O6/c1-14-5-8-20(25)16(2,12-21)6-4-7-17(20,3)19(14)10-9-18(13-22,26-19)11-15(23)24/h14,21-22,25H,4-13H2,1-3H3,(H,23,24)/t14-,16?,17+,18+,19+,20?/m0/s1. The molecule has 1 saturated heterocycles. The highest BCUT2D eigenvalue weighted by Crippen LogP contribution is 2.69. The average Bonchev–Trinajstić information content (AvgIpc) is 2.97. The van der Waals surface area contributed by atoms with Crippen LogP contribution in [-0.4, -0.2) is 56.4 Å². The van der Waals surface area contributed by atoms with Crippen molar-refractivity contribution in [2.24, 2.45) is 16.7 Å². The summed E-state index contributed by atoms with van der Waals surface area (Å²) in [6.45, 7) is 5.72. The number of aliphatic hydroxyl groups is 3. The van der Waals surface area contributed by atoms with E-state index in [9.17, 15) is 25.2 Å². The summed E-state index contributed by atoms with van der Waals surface area (Å²) < 4.78 is 6.55. The number of carboxylic acid groups (broad SMARTS) is 1. The Hall–Kier alpha value is -0.690. The number of hydrogen-bond donors (Lipinski definition) is 4. The Bertz CT molecular complexity index is 581. The Morgan fingerprint density at radius 1 is 1.08 bits per heavy atom. The molecule has 6 heteroatoms. The number of aliphatic carboxylic acids is 1. The van der Waals surface area contributed by atoms with Gasteiger partial charge in [0.15, 0.2) is 0 Å². The van der Waals surface area contributed by atoms with E-state index >= 15 is 0 Å². The van der Waals surface area contributed by atoms with Gasteiger partial charge in [-0.05, 0) is 44.4 Å². The lowest BCUT2D eigenvalue weighted by Crippen LogP contribution is -2.73. The normalized spacial score (nSPS) is 51.4. The zero-order valence-corrected chi connectivity index (χ0v) is 16.3. The van der Waals surface area contributed by atoms with Crippen molar-refractivity contribution in [2.75, 3.05) is 13.2 Å². The molecule has 150 valence electrons. The topological polar surface area (TPSA) is 107 Å². The second-order valence-corrected chi connectivity index (χ2v) is 9.61. The number of ether oxygens (including phenoxy) is 1. The maximum absolute atomic E-state index is 11.9. The number of rotatable bonds is 4. The molecule has 3 fully saturated rings. The van der Waals surface area contributed by atoms with Gasteiger partial charge in [-0.1, -0.05) is 27.2 Å². The first-order valence-corrected chi connectivity index (χ1v) is 9.90. The van der Waals surface area contributed by atoms with Crippen LogP contribution in [0.15, 0.2) is 0 Å². The fourth-order valence-corrected chi connectivity index (χ4v) is 6.67. The fraction of sp³-hybridized carbons (Fsp3) is 0.950. The molecule has 0 aromatic heterocycles. The summed E-state index contributed by atoms with van der Waals surface area (Å²) in [5.41, 5.74) is -4.05. The van der Waals surface area contributed by atoms with Crippen molar-refractivity contribution in [1.82, 2.24) is 0 Å². The van der Waals surface area contributed by atoms with Gasteiger partial charge in [0.2, 0.25) is 0 Å². The molecule has 0 amide bonds. The molecule has 2 aliphatic carbocycles. The minimum absolute atomic E-state index is 0.0795. The minimum Gasteiger partial charge on any atom is -0.481 e. The molecular weight excluding hydrogens is 336 g/mol. The van der Waals surface area contributed by atoms with Crippen LogP contribution < -0.4 is 0 Å². The zero-order chi connectivity index (χ0) is 19.4. The Morgan fingerprint density at radius 3 is 2.35 bits per heavy atom. The van der Waals surface area contributed by atoms with Gasteiger partial charge >= 0.3 is 5.97 Å². The smallest absolute Gasteiger partial charge is 0.306 e. The van der Waals surface area contributed by atoms with Crippen molar-refractivity contribution in [3.63, 3.8) is 0 Å². The van der Waals surface area contributed by atoms with Crippen molar-refractivity contribution in [2.45, 2.75) is 88.9 Å². The molecule has 1 aliphatic heterocycles. The van der Waals surface area contributed by atoms with Crippen LogP contribution in [0.25, 0.3) is 0 Å². The van der Waals surface area contributed by atoms with E-state index in [1.807, 2.05) is 6.92 Å². The molecule has 0 aromatic carbocycles. The van der Waals surface area contributed by atoms with Gasteiger partial charge in [0.05, 0.1) is 30.8 Å². The quantitative estimate of drug-likeness (QED) is 0.604. The third-order valence-electron chi connectivity index (χ3n) is 8.45. The predicted molar refractivity (Wildman–Crippen MR) is 95.6 cm³/mol. The molecule has 1 spiro atoms. The summed E-state index contributed by atoms with van der Waals surface area (Å²) in [4.78, 5) is 11.4. The first kappa shape index (κ1) is 20.1. The largest absolute Gasteiger partial charge is 0.481 e. The summed E-state index contributed by atoms with van der Waals surface area (Å²) in [5, 5.41) is 41.3. The summed E-state index contributed by atoms with van der Waals surface area (Å²) in [7, 11) is 0. The third kappa shape index (κ3) is 2.35. The van der Waals surface area contributed by atoms with E-state index in [4.69, 9.17) is 4.74 Å². The number of hydrogen-bond acceptors (Lipinski definition) is 5. The molecule has 2 unspecified atom stereocenters. The maximum Gasteiger partial charge on any atom is 0.306 e. The Balaban J connectivity index is 2.07. The first-order valence-electron chi connectivity index (χ1n) is 9.90. The van der Waals surface area contributed by atoms with Gasteiger partial charge in [0, 0.05) is 10.8 Å². The Kier molecular flexibility index (Phi) is 4.75. The molecule has 1 heterocycles. The lowest BCUT2D eigenvalue weighted by molar-refractivity contribution is -0.319. The molecule has 6 nitrogen and oxygen atoms in total. The van der Waals surface area contributed by atoms with Crippen LogP contribution in [0.4, 0.5) is 0 Å². The first-order chi connectivity index (χ1) is 12.0. The second kappa shape index (κ2) is 6.16. The lowest BCUT2D eigenvalue weighted by Gasteiger charge is -2.68. The zero-order valence-electron chi connectivity index (χ0n) is 16.3. The van der Waals surface area contributed by atoms with E-state index in [1.165, 1.54) is 0 Å². The van der Waals surface area contributed by atoms with Gasteiger partial charge < -0.3 is 25.2 Å². The monoisotopic (exact) mass is 370 g/mol. The van der Waals surface area contributed by atoms with Gasteiger partial charge in [0.1, 0.15) is 5.60 Å². The molecule has 0 bridgehead atoms. The summed E-state index contributed by atoms with van der Waals surface area (Å²) in [6, 6.07) is 0. The average molecular weight is 370 g/mol. The minimum atomic E-state index is -1.09. The highest BCUT2D eigenvalue weighted by Gasteiger charge is 2.73. The van der Waals surface area contributed by atoms with Crippen molar-refractivity contribution in [3.05, 3.63) is 0 Å². The van der Waals surface area contributed by atoms with E-state index in [0.717, 1.165) is 25.7 Å². The van der Waals surface area contributed by atoms with E-state index in [1.54, 1.807) is 0 Å². The molecule has 26 heavy (non-hydrogen) atoms. The summed E-state index contributed by atoms with van der Waals surface area (Å²) in [6.07, 6.45) is 4.67. The van der Waals surface area contributed by atoms with Crippen LogP contribution in [0.3, 0.4) is 0 Å². The molecule has 3 aliphatic rings. The number of carboxylic acids is 1. The highest BCUT2D eigenvalue weighted by atomic mass is 16.5. The van der Waals surface area contributed by atoms with Crippen molar-refractivity contribution in [3.8, 4) is 0 Å². The van der Waals surface area contributed by atoms with E-state index in [-0.39, 0.29) is 25.6 Å². The summed E-state index contributed by atoms with van der Waals surface area (Å²) in [5.74, 6) is -0.833. The fourth-order valence-electron chi connectivity index (χ4n) is 6.67. The SMILES string of the molecule is C[C@H]1CCC2(O)C(C)(CO)CCC[C@]2(C)[C@@]12CC[C@](CO)(CC(=O)O)O2. The second-order valence-electron chi connectivity index (χ2n) is 9.61. The molecule has 0 radical (unpaired) electrons. The van der Waals surface area contributed by atoms with Crippen LogP contribution in [0.2, 0.25) is 0 Å². The number of carbonyl (C=O) groups is 1. The van der Waals surface area contributed by atoms with Gasteiger partial charge in [0.25, 0.3) is 0 Å². The molecular formula is C20H34O6.